The molecule has 1 fully saturated rings. The van der Waals surface area contributed by atoms with Crippen molar-refractivity contribution in [1.29, 1.82) is 0 Å². The number of rotatable bonds is 3. The van der Waals surface area contributed by atoms with E-state index in [4.69, 9.17) is 0 Å². The van der Waals surface area contributed by atoms with Crippen LogP contribution in [-0.2, 0) is 4.79 Å². The van der Waals surface area contributed by atoms with E-state index in [1.807, 2.05) is 18.7 Å². The number of carbonyl (C=O) groups is 1. The number of amides is 1. The predicted molar refractivity (Wildman–Crippen MR) is 97.8 cm³/mol. The van der Waals surface area contributed by atoms with Crippen LogP contribution < -0.4 is 11.2 Å². The zero-order chi connectivity index (χ0) is 18.0. The molecule has 0 bridgehead atoms. The van der Waals surface area contributed by atoms with Gasteiger partial charge in [0.1, 0.15) is 6.04 Å². The van der Waals surface area contributed by atoms with Crippen LogP contribution in [-0.4, -0.2) is 33.4 Å². The van der Waals surface area contributed by atoms with Gasteiger partial charge in [-0.1, -0.05) is 38.8 Å². The summed E-state index contributed by atoms with van der Waals surface area (Å²) >= 11 is 0. The Hall–Kier alpha value is -2.37. The molecular formula is C19H25N3O3. The fraction of sp³-hybridized carbons (Fsp3) is 0.526. The second-order valence-corrected chi connectivity index (χ2v) is 7.08. The Bertz CT molecular complexity index is 873. The number of para-hydroxylation sites is 1. The van der Waals surface area contributed by atoms with E-state index < -0.39 is 17.3 Å². The minimum absolute atomic E-state index is 0.125. The quantitative estimate of drug-likeness (QED) is 0.929. The van der Waals surface area contributed by atoms with Crippen LogP contribution in [0, 0.1) is 5.92 Å². The Labute approximate surface area is 146 Å². The lowest BCUT2D eigenvalue weighted by atomic mass is 10.0. The molecule has 6 heteroatoms. The predicted octanol–water partition coefficient (Wildman–Crippen LogP) is 2.29. The van der Waals surface area contributed by atoms with E-state index in [9.17, 15) is 14.4 Å². The number of fused-ring (bicyclic) bond motifs is 1. The standard InChI is InChI=1S/C19H25N3O3/c1-13(2)16(18(24)21-11-7-3-4-8-12-21)22-17(23)14-9-5-6-10-15(14)20-19(22)25/h5-6,9-10,13,16H,3-4,7-8,11-12H2,1-2H3,(H,20,25). The zero-order valence-corrected chi connectivity index (χ0v) is 14.8. The molecule has 6 nitrogen and oxygen atoms in total. The fourth-order valence-electron chi connectivity index (χ4n) is 3.60. The van der Waals surface area contributed by atoms with Crippen LogP contribution in [0.1, 0.15) is 45.6 Å². The molecule has 1 aromatic heterocycles. The topological polar surface area (TPSA) is 75.2 Å². The summed E-state index contributed by atoms with van der Waals surface area (Å²) in [7, 11) is 0. The van der Waals surface area contributed by atoms with Crippen LogP contribution in [0.4, 0.5) is 0 Å². The second kappa shape index (κ2) is 7.25. The molecule has 1 amide bonds. The SMILES string of the molecule is CC(C)C(C(=O)N1CCCCCC1)n1c(=O)[nH]c2ccccc2c1=O. The largest absolute Gasteiger partial charge is 0.341 e. The molecule has 0 aliphatic carbocycles. The van der Waals surface area contributed by atoms with Crippen molar-refractivity contribution in [2.24, 2.45) is 5.92 Å². The molecule has 1 saturated heterocycles. The number of aromatic nitrogens is 2. The summed E-state index contributed by atoms with van der Waals surface area (Å²) in [5.41, 5.74) is -0.426. The number of likely N-dealkylation sites (tertiary alicyclic amines) is 1. The summed E-state index contributed by atoms with van der Waals surface area (Å²) in [5, 5.41) is 0.427. The van der Waals surface area contributed by atoms with Crippen molar-refractivity contribution in [2.75, 3.05) is 13.1 Å². The van der Waals surface area contributed by atoms with E-state index in [1.54, 1.807) is 24.3 Å². The number of carbonyl (C=O) groups excluding carboxylic acids is 1. The number of nitrogens with one attached hydrogen (secondary N) is 1. The highest BCUT2D eigenvalue weighted by molar-refractivity contribution is 5.82. The van der Waals surface area contributed by atoms with Crippen molar-refractivity contribution in [3.05, 3.63) is 45.1 Å². The molecular weight excluding hydrogens is 318 g/mol. The average molecular weight is 343 g/mol. The molecule has 2 heterocycles. The third-order valence-electron chi connectivity index (χ3n) is 4.92. The summed E-state index contributed by atoms with van der Waals surface area (Å²) in [6.45, 7) is 5.15. The third-order valence-corrected chi connectivity index (χ3v) is 4.92. The van der Waals surface area contributed by atoms with Crippen LogP contribution in [0.5, 0.6) is 0 Å². The van der Waals surface area contributed by atoms with E-state index in [0.717, 1.165) is 30.3 Å². The van der Waals surface area contributed by atoms with Crippen molar-refractivity contribution < 1.29 is 4.79 Å². The average Bonchev–Trinajstić information content (AvgIpc) is 2.87. The van der Waals surface area contributed by atoms with Crippen LogP contribution in [0.3, 0.4) is 0 Å². The van der Waals surface area contributed by atoms with Crippen molar-refractivity contribution in [2.45, 2.75) is 45.6 Å². The highest BCUT2D eigenvalue weighted by atomic mass is 16.2. The number of aromatic amines is 1. The maximum atomic E-state index is 13.1. The minimum Gasteiger partial charge on any atom is -0.341 e. The van der Waals surface area contributed by atoms with Crippen LogP contribution in [0.15, 0.2) is 33.9 Å². The van der Waals surface area contributed by atoms with Gasteiger partial charge in [0.15, 0.2) is 0 Å². The van der Waals surface area contributed by atoms with Crippen molar-refractivity contribution in [3.8, 4) is 0 Å². The van der Waals surface area contributed by atoms with Gasteiger partial charge in [-0.15, -0.1) is 0 Å². The molecule has 0 radical (unpaired) electrons. The van der Waals surface area contributed by atoms with Crippen molar-refractivity contribution in [1.82, 2.24) is 14.5 Å². The molecule has 3 rings (SSSR count). The van der Waals surface area contributed by atoms with Gasteiger partial charge in [0, 0.05) is 13.1 Å². The molecule has 0 spiro atoms. The van der Waals surface area contributed by atoms with Crippen LogP contribution >= 0.6 is 0 Å². The Morgan fingerprint density at radius 3 is 2.32 bits per heavy atom. The summed E-state index contributed by atoms with van der Waals surface area (Å²) < 4.78 is 1.11. The molecule has 1 aliphatic rings. The van der Waals surface area contributed by atoms with Gasteiger partial charge in [-0.3, -0.25) is 9.59 Å². The van der Waals surface area contributed by atoms with Gasteiger partial charge in [-0.05, 0) is 30.9 Å². The summed E-state index contributed by atoms with van der Waals surface area (Å²) in [6.07, 6.45) is 4.18. The molecule has 1 N–H and O–H groups in total. The summed E-state index contributed by atoms with van der Waals surface area (Å²) in [5.74, 6) is -0.282. The molecule has 134 valence electrons. The maximum absolute atomic E-state index is 13.1. The molecule has 1 unspecified atom stereocenters. The highest BCUT2D eigenvalue weighted by Gasteiger charge is 2.31. The van der Waals surface area contributed by atoms with Crippen LogP contribution in [0.25, 0.3) is 10.9 Å². The molecule has 1 atom stereocenters. The van der Waals surface area contributed by atoms with Gasteiger partial charge in [-0.2, -0.15) is 0 Å². The lowest BCUT2D eigenvalue weighted by Crippen LogP contribution is -2.48. The van der Waals surface area contributed by atoms with E-state index in [-0.39, 0.29) is 11.8 Å². The second-order valence-electron chi connectivity index (χ2n) is 7.08. The molecule has 25 heavy (non-hydrogen) atoms. The first-order valence-electron chi connectivity index (χ1n) is 9.03. The minimum atomic E-state index is -0.779. The normalized spacial score (nSPS) is 16.8. The molecule has 1 aromatic carbocycles. The van der Waals surface area contributed by atoms with Crippen LogP contribution in [0.2, 0.25) is 0 Å². The van der Waals surface area contributed by atoms with E-state index >= 15 is 0 Å². The molecule has 0 saturated carbocycles. The highest BCUT2D eigenvalue weighted by Crippen LogP contribution is 2.21. The summed E-state index contributed by atoms with van der Waals surface area (Å²) in [6, 6.07) is 6.12. The smallest absolute Gasteiger partial charge is 0.329 e. The van der Waals surface area contributed by atoms with Gasteiger partial charge in [0.25, 0.3) is 5.56 Å². The van der Waals surface area contributed by atoms with Crippen molar-refractivity contribution >= 4 is 16.8 Å². The molecule has 2 aromatic rings. The maximum Gasteiger partial charge on any atom is 0.329 e. The first kappa shape index (κ1) is 17.5. The Morgan fingerprint density at radius 1 is 1.04 bits per heavy atom. The zero-order valence-electron chi connectivity index (χ0n) is 14.8. The lowest BCUT2D eigenvalue weighted by Gasteiger charge is -2.29. The number of hydrogen-bond donors (Lipinski definition) is 1. The fourth-order valence-corrected chi connectivity index (χ4v) is 3.60. The van der Waals surface area contributed by atoms with Gasteiger partial charge < -0.3 is 9.88 Å². The number of H-pyrrole nitrogens is 1. The van der Waals surface area contributed by atoms with Gasteiger partial charge in [-0.25, -0.2) is 9.36 Å². The van der Waals surface area contributed by atoms with Gasteiger partial charge in [0.2, 0.25) is 5.91 Å². The lowest BCUT2D eigenvalue weighted by molar-refractivity contribution is -0.136. The van der Waals surface area contributed by atoms with E-state index in [2.05, 4.69) is 4.98 Å². The number of benzene rings is 1. The van der Waals surface area contributed by atoms with Gasteiger partial charge in [0.05, 0.1) is 10.9 Å². The summed E-state index contributed by atoms with van der Waals surface area (Å²) in [4.78, 5) is 43.2. The van der Waals surface area contributed by atoms with E-state index in [1.165, 1.54) is 0 Å². The first-order valence-corrected chi connectivity index (χ1v) is 9.03. The Balaban J connectivity index is 2.09. The monoisotopic (exact) mass is 343 g/mol. The number of nitrogens with zero attached hydrogens (tertiary/aromatic N) is 2. The Morgan fingerprint density at radius 2 is 1.68 bits per heavy atom. The van der Waals surface area contributed by atoms with E-state index in [0.29, 0.717) is 24.0 Å². The van der Waals surface area contributed by atoms with Gasteiger partial charge >= 0.3 is 5.69 Å². The Kier molecular flexibility index (Phi) is 5.06. The molecule has 1 aliphatic heterocycles. The third kappa shape index (κ3) is 3.38. The number of hydrogen-bond acceptors (Lipinski definition) is 3. The van der Waals surface area contributed by atoms with Crippen molar-refractivity contribution in [3.63, 3.8) is 0 Å². The first-order chi connectivity index (χ1) is 12.0.